The molecule has 0 unspecified atom stereocenters. The summed E-state index contributed by atoms with van der Waals surface area (Å²) in [4.78, 5) is 15.7. The molecule has 1 aliphatic heterocycles. The van der Waals surface area contributed by atoms with Crippen molar-refractivity contribution in [1.82, 2.24) is 15.1 Å². The van der Waals surface area contributed by atoms with E-state index < -0.39 is 0 Å². The summed E-state index contributed by atoms with van der Waals surface area (Å²) in [5, 5.41) is 2.89. The molecule has 1 rings (SSSR count). The van der Waals surface area contributed by atoms with Gasteiger partial charge in [0, 0.05) is 39.3 Å². The van der Waals surface area contributed by atoms with Crippen LogP contribution in [0.15, 0.2) is 0 Å². The lowest BCUT2D eigenvalue weighted by Crippen LogP contribution is -2.47. The molecule has 0 bridgehead atoms. The second kappa shape index (κ2) is 6.58. The normalized spacial score (nSPS) is 19.6. The highest BCUT2D eigenvalue weighted by Gasteiger charge is 2.12. The highest BCUT2D eigenvalue weighted by atomic mass is 127. The van der Waals surface area contributed by atoms with E-state index in [9.17, 15) is 4.79 Å². The lowest BCUT2D eigenvalue weighted by Gasteiger charge is -2.32. The number of piperazine rings is 1. The molecule has 1 saturated heterocycles. The van der Waals surface area contributed by atoms with E-state index in [4.69, 9.17) is 0 Å². The Morgan fingerprint density at radius 1 is 1.36 bits per heavy atom. The number of hydrogen-bond donors (Lipinski definition) is 1. The topological polar surface area (TPSA) is 35.6 Å². The van der Waals surface area contributed by atoms with Crippen LogP contribution in [-0.4, -0.2) is 66.5 Å². The Bertz CT molecular complexity index is 181. The van der Waals surface area contributed by atoms with Gasteiger partial charge in [0.05, 0.1) is 4.43 Å². The fourth-order valence-corrected chi connectivity index (χ4v) is 1.74. The van der Waals surface area contributed by atoms with E-state index in [0.717, 1.165) is 39.3 Å². The fourth-order valence-electron chi connectivity index (χ4n) is 1.47. The van der Waals surface area contributed by atoms with E-state index in [1.165, 1.54) is 0 Å². The third-order valence-corrected chi connectivity index (χ3v) is 3.16. The maximum absolute atomic E-state index is 11.0. The summed E-state index contributed by atoms with van der Waals surface area (Å²) in [6.07, 6.45) is 0. The maximum Gasteiger partial charge on any atom is 0.229 e. The van der Waals surface area contributed by atoms with Gasteiger partial charge in [-0.05, 0) is 7.05 Å². The van der Waals surface area contributed by atoms with Gasteiger partial charge in [-0.25, -0.2) is 0 Å². The van der Waals surface area contributed by atoms with Crippen LogP contribution in [0.2, 0.25) is 0 Å². The van der Waals surface area contributed by atoms with E-state index >= 15 is 0 Å². The summed E-state index contributed by atoms with van der Waals surface area (Å²) >= 11 is 2.08. The molecular weight excluding hydrogens is 293 g/mol. The molecule has 82 valence electrons. The number of carbonyl (C=O) groups is 1. The minimum absolute atomic E-state index is 0.139. The van der Waals surface area contributed by atoms with Gasteiger partial charge in [-0.2, -0.15) is 0 Å². The van der Waals surface area contributed by atoms with Crippen molar-refractivity contribution in [2.75, 3.05) is 50.7 Å². The van der Waals surface area contributed by atoms with Gasteiger partial charge in [0.1, 0.15) is 0 Å². The monoisotopic (exact) mass is 311 g/mol. The zero-order valence-corrected chi connectivity index (χ0v) is 10.8. The number of alkyl halides is 1. The van der Waals surface area contributed by atoms with Crippen LogP contribution in [0, 0.1) is 0 Å². The van der Waals surface area contributed by atoms with Crippen molar-refractivity contribution in [2.45, 2.75) is 0 Å². The van der Waals surface area contributed by atoms with Crippen molar-refractivity contribution in [3.63, 3.8) is 0 Å². The molecule has 0 aromatic heterocycles. The molecule has 1 N–H and O–H groups in total. The third-order valence-electron chi connectivity index (χ3n) is 2.47. The predicted octanol–water partition coefficient (Wildman–Crippen LogP) is -0.215. The first-order chi connectivity index (χ1) is 6.72. The largest absolute Gasteiger partial charge is 0.354 e. The number of carbonyl (C=O) groups excluding carboxylic acids is 1. The van der Waals surface area contributed by atoms with Gasteiger partial charge in [-0.3, -0.25) is 9.69 Å². The van der Waals surface area contributed by atoms with Gasteiger partial charge < -0.3 is 10.2 Å². The Labute approximate surface area is 99.1 Å². The molecule has 0 saturated carbocycles. The molecule has 0 spiro atoms. The molecule has 1 amide bonds. The van der Waals surface area contributed by atoms with Gasteiger partial charge in [0.15, 0.2) is 0 Å². The number of halogens is 1. The number of nitrogens with zero attached hydrogens (tertiary/aromatic N) is 2. The molecule has 0 aromatic carbocycles. The van der Waals surface area contributed by atoms with Crippen LogP contribution in [0.25, 0.3) is 0 Å². The highest BCUT2D eigenvalue weighted by Crippen LogP contribution is 1.97. The zero-order chi connectivity index (χ0) is 10.4. The van der Waals surface area contributed by atoms with Crippen molar-refractivity contribution < 1.29 is 4.79 Å². The minimum atomic E-state index is 0.139. The molecule has 0 aromatic rings. The van der Waals surface area contributed by atoms with Gasteiger partial charge in [0.2, 0.25) is 5.91 Å². The average molecular weight is 311 g/mol. The summed E-state index contributed by atoms with van der Waals surface area (Å²) in [6, 6.07) is 0. The summed E-state index contributed by atoms with van der Waals surface area (Å²) in [5.41, 5.74) is 0. The van der Waals surface area contributed by atoms with Crippen LogP contribution in [0.5, 0.6) is 0 Å². The first-order valence-electron chi connectivity index (χ1n) is 4.96. The smallest absolute Gasteiger partial charge is 0.229 e. The van der Waals surface area contributed by atoms with Crippen LogP contribution < -0.4 is 5.32 Å². The van der Waals surface area contributed by atoms with E-state index in [1.54, 1.807) is 0 Å². The lowest BCUT2D eigenvalue weighted by atomic mass is 10.3. The lowest BCUT2D eigenvalue weighted by molar-refractivity contribution is -0.118. The van der Waals surface area contributed by atoms with Crippen molar-refractivity contribution in [3.8, 4) is 0 Å². The first kappa shape index (κ1) is 12.2. The van der Waals surface area contributed by atoms with Crippen molar-refractivity contribution in [1.29, 1.82) is 0 Å². The quantitative estimate of drug-likeness (QED) is 0.576. The Kier molecular flexibility index (Phi) is 5.73. The molecule has 5 heteroatoms. The molecule has 4 nitrogen and oxygen atoms in total. The van der Waals surface area contributed by atoms with Crippen molar-refractivity contribution in [2.24, 2.45) is 0 Å². The molecular formula is C9H18IN3O. The van der Waals surface area contributed by atoms with E-state index in [2.05, 4.69) is 44.8 Å². The summed E-state index contributed by atoms with van der Waals surface area (Å²) < 4.78 is 0.556. The third kappa shape index (κ3) is 4.56. The van der Waals surface area contributed by atoms with Crippen LogP contribution >= 0.6 is 22.6 Å². The fraction of sp³-hybridized carbons (Fsp3) is 0.889. The predicted molar refractivity (Wildman–Crippen MR) is 65.8 cm³/mol. The van der Waals surface area contributed by atoms with Crippen LogP contribution in [0.3, 0.4) is 0 Å². The van der Waals surface area contributed by atoms with Gasteiger partial charge in [-0.15, -0.1) is 0 Å². The highest BCUT2D eigenvalue weighted by molar-refractivity contribution is 14.1. The van der Waals surface area contributed by atoms with E-state index in [1.807, 2.05) is 0 Å². The molecule has 0 aliphatic carbocycles. The Balaban J connectivity index is 2.04. The van der Waals surface area contributed by atoms with Crippen LogP contribution in [-0.2, 0) is 4.79 Å². The van der Waals surface area contributed by atoms with Crippen LogP contribution in [0.1, 0.15) is 0 Å². The molecule has 0 radical (unpaired) electrons. The standard InChI is InChI=1S/C9H18IN3O/c1-12-4-6-13(7-5-12)3-2-11-9(14)8-10/h2-8H2,1H3,(H,11,14). The first-order valence-corrected chi connectivity index (χ1v) is 6.48. The summed E-state index contributed by atoms with van der Waals surface area (Å²) in [5.74, 6) is 0.139. The number of nitrogens with one attached hydrogen (secondary N) is 1. The summed E-state index contributed by atoms with van der Waals surface area (Å²) in [6.45, 7) is 6.29. The van der Waals surface area contributed by atoms with E-state index in [-0.39, 0.29) is 5.91 Å². The number of amides is 1. The zero-order valence-electron chi connectivity index (χ0n) is 8.63. The number of rotatable bonds is 4. The minimum Gasteiger partial charge on any atom is -0.354 e. The molecule has 0 atom stereocenters. The van der Waals surface area contributed by atoms with Crippen LogP contribution in [0.4, 0.5) is 0 Å². The number of likely N-dealkylation sites (N-methyl/N-ethyl adjacent to an activating group) is 1. The van der Waals surface area contributed by atoms with Crippen molar-refractivity contribution >= 4 is 28.5 Å². The molecule has 1 heterocycles. The molecule has 1 aliphatic rings. The number of hydrogen-bond acceptors (Lipinski definition) is 3. The van der Waals surface area contributed by atoms with Gasteiger partial charge in [0.25, 0.3) is 0 Å². The summed E-state index contributed by atoms with van der Waals surface area (Å²) in [7, 11) is 2.15. The second-order valence-corrected chi connectivity index (χ2v) is 4.39. The van der Waals surface area contributed by atoms with E-state index in [0.29, 0.717) is 4.43 Å². The maximum atomic E-state index is 11.0. The average Bonchev–Trinajstić information content (AvgIpc) is 2.21. The molecule has 1 fully saturated rings. The SMILES string of the molecule is CN1CCN(CCNC(=O)CI)CC1. The molecule has 14 heavy (non-hydrogen) atoms. The van der Waals surface area contributed by atoms with Gasteiger partial charge in [-0.1, -0.05) is 22.6 Å². The van der Waals surface area contributed by atoms with Crippen molar-refractivity contribution in [3.05, 3.63) is 0 Å². The Morgan fingerprint density at radius 2 is 2.00 bits per heavy atom. The Hall–Kier alpha value is 0.120. The Morgan fingerprint density at radius 3 is 2.57 bits per heavy atom. The second-order valence-electron chi connectivity index (χ2n) is 3.63. The van der Waals surface area contributed by atoms with Gasteiger partial charge >= 0.3 is 0 Å².